The van der Waals surface area contributed by atoms with Crippen LogP contribution in [0.4, 0.5) is 0 Å². The predicted octanol–water partition coefficient (Wildman–Crippen LogP) is 7.70. The minimum absolute atomic E-state index is 0.0223. The van der Waals surface area contributed by atoms with Gasteiger partial charge in [-0.05, 0) is 84.0 Å². The Hall–Kier alpha value is -3.41. The number of hydrogen-bond donors (Lipinski definition) is 0. The summed E-state index contributed by atoms with van der Waals surface area (Å²) in [5.74, 6) is 0.822. The number of ketones is 2. The van der Waals surface area contributed by atoms with E-state index in [-0.39, 0.29) is 11.6 Å². The molecule has 5 rings (SSSR count). The number of allylic oxidation sites excluding steroid dienone is 5. The molecule has 1 aliphatic rings. The summed E-state index contributed by atoms with van der Waals surface area (Å²) in [6.45, 7) is 2.91. The summed E-state index contributed by atoms with van der Waals surface area (Å²) in [7, 11) is 0. The molecule has 4 aromatic rings. The molecule has 2 aromatic heterocycles. The van der Waals surface area contributed by atoms with Crippen LogP contribution in [0.1, 0.15) is 32.5 Å². The second-order valence-electron chi connectivity index (χ2n) is 8.00. The summed E-state index contributed by atoms with van der Waals surface area (Å²) in [6, 6.07) is 15.6. The van der Waals surface area contributed by atoms with Crippen molar-refractivity contribution in [2.45, 2.75) is 13.5 Å². The van der Waals surface area contributed by atoms with Gasteiger partial charge in [-0.3, -0.25) is 9.59 Å². The van der Waals surface area contributed by atoms with Crippen molar-refractivity contribution in [3.8, 4) is 0 Å². The van der Waals surface area contributed by atoms with Crippen molar-refractivity contribution in [3.05, 3.63) is 111 Å². The molecule has 0 fully saturated rings. The molecule has 0 N–H and O–H groups in total. The number of fused-ring (bicyclic) bond motifs is 3. The van der Waals surface area contributed by atoms with E-state index in [0.717, 1.165) is 44.6 Å². The third-order valence-electron chi connectivity index (χ3n) is 5.88. The summed E-state index contributed by atoms with van der Waals surface area (Å²) in [4.78, 5) is 26.8. The Morgan fingerprint density at radius 3 is 2.18 bits per heavy atom. The number of aromatic nitrogens is 1. The van der Waals surface area contributed by atoms with Crippen LogP contribution in [0, 0.1) is 0 Å². The first kappa shape index (κ1) is 22.4. The van der Waals surface area contributed by atoms with E-state index in [1.54, 1.807) is 35.3 Å². The smallest absolute Gasteiger partial charge is 0.185 e. The first-order valence-electron chi connectivity index (χ1n) is 11.2. The minimum Gasteiger partial charge on any atom is -0.341 e. The standard InChI is InChI=1S/C29H23NO2S2/c1-2-30-26-11-8-21(28(31)13-7-20-5-3-15-33-19-20)17-24(26)25-18-22(9-12-27(25)30)29(32)14-10-23-6-4-16-34-23/h3-18H,2,19H2,1H3/b13-7+,14-10+. The number of thioether (sulfide) groups is 1. The highest BCUT2D eigenvalue weighted by molar-refractivity contribution is 8.02. The molecule has 0 unspecified atom stereocenters. The number of rotatable bonds is 7. The molecule has 3 heterocycles. The molecule has 0 bridgehead atoms. The zero-order valence-electron chi connectivity index (χ0n) is 18.7. The van der Waals surface area contributed by atoms with E-state index in [1.807, 2.05) is 83.6 Å². The van der Waals surface area contributed by atoms with Crippen LogP contribution in [-0.2, 0) is 6.54 Å². The summed E-state index contributed by atoms with van der Waals surface area (Å²) in [6.07, 6.45) is 11.1. The van der Waals surface area contributed by atoms with Crippen LogP contribution in [-0.4, -0.2) is 21.9 Å². The van der Waals surface area contributed by atoms with E-state index < -0.39 is 0 Å². The molecule has 0 radical (unpaired) electrons. The fraction of sp³-hybridized carbons (Fsp3) is 0.103. The predicted molar refractivity (Wildman–Crippen MR) is 146 cm³/mol. The molecule has 5 heteroatoms. The molecular formula is C29H23NO2S2. The Labute approximate surface area is 206 Å². The van der Waals surface area contributed by atoms with Crippen LogP contribution >= 0.6 is 23.1 Å². The molecule has 168 valence electrons. The monoisotopic (exact) mass is 481 g/mol. The fourth-order valence-electron chi connectivity index (χ4n) is 4.18. The van der Waals surface area contributed by atoms with Crippen molar-refractivity contribution in [1.82, 2.24) is 4.57 Å². The Bertz CT molecular complexity index is 1510. The highest BCUT2D eigenvalue weighted by Gasteiger charge is 2.14. The molecule has 0 spiro atoms. The van der Waals surface area contributed by atoms with Gasteiger partial charge in [-0.25, -0.2) is 0 Å². The summed E-state index contributed by atoms with van der Waals surface area (Å²) < 4.78 is 2.22. The summed E-state index contributed by atoms with van der Waals surface area (Å²) >= 11 is 3.32. The van der Waals surface area contributed by atoms with Gasteiger partial charge in [0.2, 0.25) is 0 Å². The largest absolute Gasteiger partial charge is 0.341 e. The number of carbonyl (C=O) groups excluding carboxylic acids is 2. The molecule has 0 atom stereocenters. The zero-order valence-corrected chi connectivity index (χ0v) is 20.4. The molecular weight excluding hydrogens is 458 g/mol. The number of hydrogen-bond acceptors (Lipinski definition) is 4. The van der Waals surface area contributed by atoms with Gasteiger partial charge in [-0.2, -0.15) is 0 Å². The highest BCUT2D eigenvalue weighted by atomic mass is 32.2. The maximum atomic E-state index is 12.9. The van der Waals surface area contributed by atoms with E-state index >= 15 is 0 Å². The van der Waals surface area contributed by atoms with E-state index in [4.69, 9.17) is 0 Å². The van der Waals surface area contributed by atoms with Crippen molar-refractivity contribution in [2.24, 2.45) is 0 Å². The second-order valence-corrected chi connectivity index (χ2v) is 9.87. The van der Waals surface area contributed by atoms with E-state index in [9.17, 15) is 9.59 Å². The molecule has 34 heavy (non-hydrogen) atoms. The molecule has 0 saturated heterocycles. The van der Waals surface area contributed by atoms with Crippen LogP contribution in [0.15, 0.2) is 95.3 Å². The fourth-order valence-corrected chi connectivity index (χ4v) is 5.47. The number of thiophene rings is 1. The maximum absolute atomic E-state index is 12.9. The van der Waals surface area contributed by atoms with E-state index in [0.29, 0.717) is 11.1 Å². The van der Waals surface area contributed by atoms with Crippen LogP contribution in [0.2, 0.25) is 0 Å². The van der Waals surface area contributed by atoms with Crippen molar-refractivity contribution < 1.29 is 9.59 Å². The van der Waals surface area contributed by atoms with Gasteiger partial charge in [0, 0.05) is 50.1 Å². The average molecular weight is 482 g/mol. The Kier molecular flexibility index (Phi) is 6.48. The number of benzene rings is 2. The molecule has 1 aliphatic heterocycles. The lowest BCUT2D eigenvalue weighted by Crippen LogP contribution is -1.97. The number of carbonyl (C=O) groups is 2. The zero-order chi connectivity index (χ0) is 23.5. The normalized spacial score (nSPS) is 14.0. The first-order chi connectivity index (χ1) is 16.6. The van der Waals surface area contributed by atoms with Gasteiger partial charge in [0.15, 0.2) is 11.6 Å². The first-order valence-corrected chi connectivity index (χ1v) is 13.1. The molecule has 0 saturated carbocycles. The average Bonchev–Trinajstić information content (AvgIpc) is 3.51. The second kappa shape index (κ2) is 9.84. The Morgan fingerprint density at radius 1 is 0.941 bits per heavy atom. The van der Waals surface area contributed by atoms with Crippen LogP contribution in [0.25, 0.3) is 27.9 Å². The minimum atomic E-state index is -0.0319. The van der Waals surface area contributed by atoms with E-state index in [2.05, 4.69) is 11.5 Å². The van der Waals surface area contributed by atoms with Crippen LogP contribution < -0.4 is 0 Å². The molecule has 0 amide bonds. The van der Waals surface area contributed by atoms with Gasteiger partial charge in [0.1, 0.15) is 0 Å². The Morgan fingerprint density at radius 2 is 1.62 bits per heavy atom. The van der Waals surface area contributed by atoms with Gasteiger partial charge in [0.05, 0.1) is 0 Å². The summed E-state index contributed by atoms with van der Waals surface area (Å²) in [5.41, 5.74) is 4.54. The van der Waals surface area contributed by atoms with Crippen molar-refractivity contribution in [2.75, 3.05) is 5.75 Å². The lowest BCUT2D eigenvalue weighted by Gasteiger charge is -2.04. The van der Waals surface area contributed by atoms with Gasteiger partial charge in [0.25, 0.3) is 0 Å². The van der Waals surface area contributed by atoms with E-state index in [1.165, 1.54) is 0 Å². The Balaban J connectivity index is 1.52. The topological polar surface area (TPSA) is 39.1 Å². The molecule has 0 aliphatic carbocycles. The van der Waals surface area contributed by atoms with Gasteiger partial charge in [-0.15, -0.1) is 23.1 Å². The SMILES string of the molecule is CCn1c2ccc(C(=O)/C=C/C3=CC=CSC3)cc2c2cc(C(=O)/C=C/c3cccs3)ccc21. The highest BCUT2D eigenvalue weighted by Crippen LogP contribution is 2.31. The van der Waals surface area contributed by atoms with Gasteiger partial charge >= 0.3 is 0 Å². The van der Waals surface area contributed by atoms with Crippen molar-refractivity contribution in [1.29, 1.82) is 0 Å². The third-order valence-corrected chi connectivity index (χ3v) is 7.56. The van der Waals surface area contributed by atoms with Gasteiger partial charge in [-0.1, -0.05) is 24.3 Å². The quantitative estimate of drug-likeness (QED) is 0.201. The molecule has 2 aromatic carbocycles. The van der Waals surface area contributed by atoms with Crippen molar-refractivity contribution in [3.63, 3.8) is 0 Å². The van der Waals surface area contributed by atoms with Crippen molar-refractivity contribution >= 4 is 62.5 Å². The summed E-state index contributed by atoms with van der Waals surface area (Å²) in [5, 5.41) is 6.02. The number of nitrogens with zero attached hydrogens (tertiary/aromatic N) is 1. The number of aryl methyl sites for hydroxylation is 1. The third kappa shape index (κ3) is 4.49. The maximum Gasteiger partial charge on any atom is 0.185 e. The lowest BCUT2D eigenvalue weighted by atomic mass is 10.0. The van der Waals surface area contributed by atoms with Crippen LogP contribution in [0.5, 0.6) is 0 Å². The van der Waals surface area contributed by atoms with Gasteiger partial charge < -0.3 is 4.57 Å². The van der Waals surface area contributed by atoms with Crippen LogP contribution in [0.3, 0.4) is 0 Å². The lowest BCUT2D eigenvalue weighted by molar-refractivity contribution is 0.103. The molecule has 3 nitrogen and oxygen atoms in total.